The number of nitrogens with two attached hydrogens (primary N) is 1. The van der Waals surface area contributed by atoms with E-state index in [0.717, 1.165) is 6.92 Å². The molecule has 0 radical (unpaired) electrons. The summed E-state index contributed by atoms with van der Waals surface area (Å²) < 4.78 is 17.2. The summed E-state index contributed by atoms with van der Waals surface area (Å²) in [6.07, 6.45) is -8.76. The van der Waals surface area contributed by atoms with E-state index in [1.54, 1.807) is 0 Å². The highest BCUT2D eigenvalue weighted by Gasteiger charge is 2.51. The lowest BCUT2D eigenvalue weighted by Crippen LogP contribution is -2.71. The minimum absolute atomic E-state index is 0.102. The van der Waals surface area contributed by atoms with Crippen LogP contribution in [0.4, 0.5) is 0 Å². The summed E-state index contributed by atoms with van der Waals surface area (Å²) in [5.41, 5.74) is 6.57. The van der Waals surface area contributed by atoms with Gasteiger partial charge in [0, 0.05) is 32.2 Å². The lowest BCUT2D eigenvalue weighted by molar-refractivity contribution is -0.315. The van der Waals surface area contributed by atoms with E-state index >= 15 is 0 Å². The van der Waals surface area contributed by atoms with Gasteiger partial charge in [0.1, 0.15) is 48.7 Å². The Kier molecular flexibility index (Phi) is 10.7. The second kappa shape index (κ2) is 13.6. The van der Waals surface area contributed by atoms with Gasteiger partial charge >= 0.3 is 0 Å². The Balaban J connectivity index is 1.80. The van der Waals surface area contributed by atoms with E-state index in [0.29, 0.717) is 5.69 Å². The number of aliphatic hydroxyl groups excluding tert-OH is 5. The number of imidazole rings is 1. The smallest absolute Gasteiger partial charge is 0.239 e. The first-order valence-corrected chi connectivity index (χ1v) is 12.3. The zero-order chi connectivity index (χ0) is 28.9. The molecular formula is C22H36N6O11. The molecule has 2 saturated heterocycles. The predicted molar refractivity (Wildman–Crippen MR) is 128 cm³/mol. The molecular weight excluding hydrogens is 524 g/mol. The molecule has 220 valence electrons. The Morgan fingerprint density at radius 1 is 1.00 bits per heavy atom. The molecule has 3 heterocycles. The Hall–Kier alpha value is -2.74. The molecule has 17 nitrogen and oxygen atoms in total. The molecule has 0 unspecified atom stereocenters. The van der Waals surface area contributed by atoms with Gasteiger partial charge < -0.3 is 66.4 Å². The maximum absolute atomic E-state index is 12.8. The highest BCUT2D eigenvalue weighted by atomic mass is 16.7. The number of hydrogen-bond donors (Lipinski definition) is 10. The number of amides is 3. The normalized spacial score (nSPS) is 35.6. The number of nitrogens with one attached hydrogen (secondary N) is 4. The van der Waals surface area contributed by atoms with E-state index in [1.807, 2.05) is 0 Å². The summed E-state index contributed by atoms with van der Waals surface area (Å²) in [6, 6.07) is -3.70. The van der Waals surface area contributed by atoms with Crippen LogP contribution in [0.2, 0.25) is 0 Å². The van der Waals surface area contributed by atoms with Crippen LogP contribution in [0.15, 0.2) is 12.5 Å². The lowest BCUT2D eigenvalue weighted by Gasteiger charge is -2.48. The van der Waals surface area contributed by atoms with Crippen molar-refractivity contribution < 1.29 is 54.1 Å². The van der Waals surface area contributed by atoms with Crippen LogP contribution >= 0.6 is 0 Å². The molecule has 2 fully saturated rings. The molecule has 2 aliphatic rings. The molecule has 3 rings (SSSR count). The van der Waals surface area contributed by atoms with Gasteiger partial charge in [-0.3, -0.25) is 14.4 Å². The van der Waals surface area contributed by atoms with Gasteiger partial charge in [-0.2, -0.15) is 0 Å². The number of hydrogen-bond acceptors (Lipinski definition) is 13. The highest BCUT2D eigenvalue weighted by molar-refractivity contribution is 5.82. The van der Waals surface area contributed by atoms with E-state index in [2.05, 4.69) is 25.9 Å². The van der Waals surface area contributed by atoms with Gasteiger partial charge in [-0.25, -0.2) is 4.98 Å². The van der Waals surface area contributed by atoms with Gasteiger partial charge in [0.25, 0.3) is 0 Å². The molecule has 39 heavy (non-hydrogen) atoms. The number of rotatable bonds is 10. The Bertz CT molecular complexity index is 968. The SMILES string of the molecule is CC(=O)N[C@@H]1[C@@H](O)[C@H](O[C@@H]2O[C@H](CO)[C@@H](O)[C@H](O)[C@H]2NC(C)=O)[C@@H](CO)O[C@H]1NC(=O)[C@@H](N)Cc1cnc[nH]1. The number of aromatic amines is 1. The summed E-state index contributed by atoms with van der Waals surface area (Å²) in [5.74, 6) is -1.87. The van der Waals surface area contributed by atoms with Crippen LogP contribution in [-0.2, 0) is 35.0 Å². The number of ether oxygens (including phenoxy) is 3. The van der Waals surface area contributed by atoms with Gasteiger partial charge in [-0.1, -0.05) is 0 Å². The van der Waals surface area contributed by atoms with Gasteiger partial charge in [-0.15, -0.1) is 0 Å². The second-order valence-corrected chi connectivity index (χ2v) is 9.42. The van der Waals surface area contributed by atoms with Crippen LogP contribution in [0.5, 0.6) is 0 Å². The van der Waals surface area contributed by atoms with Crippen molar-refractivity contribution >= 4 is 17.7 Å². The average molecular weight is 561 g/mol. The first-order valence-electron chi connectivity index (χ1n) is 12.3. The van der Waals surface area contributed by atoms with E-state index in [4.69, 9.17) is 19.9 Å². The van der Waals surface area contributed by atoms with E-state index in [9.17, 15) is 39.9 Å². The summed E-state index contributed by atoms with van der Waals surface area (Å²) in [5, 5.41) is 58.9. The molecule has 2 aliphatic heterocycles. The highest BCUT2D eigenvalue weighted by Crippen LogP contribution is 2.29. The Morgan fingerprint density at radius 3 is 2.21 bits per heavy atom. The molecule has 0 saturated carbocycles. The third-order valence-corrected chi connectivity index (χ3v) is 6.43. The van der Waals surface area contributed by atoms with Gasteiger partial charge in [0.15, 0.2) is 12.5 Å². The molecule has 3 amide bonds. The fraction of sp³-hybridized carbons (Fsp3) is 0.727. The van der Waals surface area contributed by atoms with Crippen molar-refractivity contribution in [2.75, 3.05) is 13.2 Å². The maximum atomic E-state index is 12.8. The molecule has 11 atom stereocenters. The number of carbonyl (C=O) groups is 3. The summed E-state index contributed by atoms with van der Waals surface area (Å²) in [6.45, 7) is 0.886. The van der Waals surface area contributed by atoms with Crippen molar-refractivity contribution in [3.05, 3.63) is 18.2 Å². The summed E-state index contributed by atoms with van der Waals surface area (Å²) in [4.78, 5) is 43.1. The topological polar surface area (TPSA) is 271 Å². The zero-order valence-electron chi connectivity index (χ0n) is 21.3. The minimum atomic E-state index is -1.63. The van der Waals surface area contributed by atoms with Gasteiger partial charge in [0.2, 0.25) is 17.7 Å². The molecule has 11 N–H and O–H groups in total. The second-order valence-electron chi connectivity index (χ2n) is 9.42. The summed E-state index contributed by atoms with van der Waals surface area (Å²) in [7, 11) is 0. The quantitative estimate of drug-likeness (QED) is 0.128. The number of H-pyrrole nitrogens is 1. The first kappa shape index (κ1) is 30.8. The predicted octanol–water partition coefficient (Wildman–Crippen LogP) is -5.69. The Labute approximate surface area is 223 Å². The standard InChI is InChI=1S/C22H36N6O11/c1-8(31)26-14-18(35)19(39-22-15(27-9(2)32)17(34)16(33)12(5-29)38-22)13(6-30)37-21(14)28-20(36)11(23)3-10-4-24-7-25-10/h4,7,11-19,21-22,29-30,33-35H,3,5-6,23H2,1-2H3,(H,24,25)(H,26,31)(H,27,32)(H,28,36)/t11-,12+,13+,14+,15+,16+,17+,18+,19+,21+,22-/m0/s1. The van der Waals surface area contributed by atoms with Crippen molar-refractivity contribution in [3.63, 3.8) is 0 Å². The van der Waals surface area contributed by atoms with Crippen LogP contribution in [0.25, 0.3) is 0 Å². The third kappa shape index (κ3) is 7.47. The average Bonchev–Trinajstić information content (AvgIpc) is 3.39. The molecule has 17 heteroatoms. The van der Waals surface area contributed by atoms with Crippen molar-refractivity contribution in [2.45, 2.75) is 87.5 Å². The number of carbonyl (C=O) groups excluding carboxylic acids is 3. The molecule has 1 aromatic rings. The fourth-order valence-corrected chi connectivity index (χ4v) is 4.50. The molecule has 0 aromatic carbocycles. The lowest BCUT2D eigenvalue weighted by atomic mass is 9.94. The van der Waals surface area contributed by atoms with Crippen molar-refractivity contribution in [3.8, 4) is 0 Å². The van der Waals surface area contributed by atoms with Crippen LogP contribution in [-0.4, -0.2) is 134 Å². The van der Waals surface area contributed by atoms with Crippen molar-refractivity contribution in [2.24, 2.45) is 5.73 Å². The number of nitrogens with zero attached hydrogens (tertiary/aromatic N) is 1. The van der Waals surface area contributed by atoms with Crippen LogP contribution in [0.1, 0.15) is 19.5 Å². The molecule has 1 aromatic heterocycles. The minimum Gasteiger partial charge on any atom is -0.394 e. The maximum Gasteiger partial charge on any atom is 0.239 e. The van der Waals surface area contributed by atoms with Gasteiger partial charge in [-0.05, 0) is 0 Å². The van der Waals surface area contributed by atoms with Gasteiger partial charge in [0.05, 0.1) is 25.6 Å². The third-order valence-electron chi connectivity index (χ3n) is 6.43. The summed E-state index contributed by atoms with van der Waals surface area (Å²) >= 11 is 0. The van der Waals surface area contributed by atoms with E-state index < -0.39 is 98.2 Å². The first-order chi connectivity index (χ1) is 18.5. The number of aliphatic hydroxyl groups is 5. The van der Waals surface area contributed by atoms with Crippen LogP contribution < -0.4 is 21.7 Å². The fourth-order valence-electron chi connectivity index (χ4n) is 4.50. The van der Waals surface area contributed by atoms with Crippen LogP contribution in [0, 0.1) is 0 Å². The number of aromatic nitrogens is 2. The monoisotopic (exact) mass is 560 g/mol. The van der Waals surface area contributed by atoms with E-state index in [-0.39, 0.29) is 6.42 Å². The van der Waals surface area contributed by atoms with Crippen molar-refractivity contribution in [1.29, 1.82) is 0 Å². The molecule has 0 spiro atoms. The van der Waals surface area contributed by atoms with E-state index in [1.165, 1.54) is 19.4 Å². The largest absolute Gasteiger partial charge is 0.394 e. The van der Waals surface area contributed by atoms with Crippen molar-refractivity contribution in [1.82, 2.24) is 25.9 Å². The molecule has 0 aliphatic carbocycles. The van der Waals surface area contributed by atoms with Crippen LogP contribution in [0.3, 0.4) is 0 Å². The zero-order valence-corrected chi connectivity index (χ0v) is 21.3. The molecule has 0 bridgehead atoms. The Morgan fingerprint density at radius 2 is 1.64 bits per heavy atom.